The van der Waals surface area contributed by atoms with Crippen molar-refractivity contribution in [2.45, 2.75) is 0 Å². The highest BCUT2D eigenvalue weighted by Gasteiger charge is 2.15. The van der Waals surface area contributed by atoms with E-state index in [9.17, 15) is 4.79 Å². The molecule has 1 amide bonds. The molecule has 0 aliphatic rings. The molecular weight excluding hydrogens is 276 g/mol. The van der Waals surface area contributed by atoms with Crippen LogP contribution in [-0.4, -0.2) is 23.9 Å². The van der Waals surface area contributed by atoms with Gasteiger partial charge in [0.2, 0.25) is 0 Å². The second kappa shape index (κ2) is 8.78. The van der Waals surface area contributed by atoms with Gasteiger partial charge in [0.1, 0.15) is 11.6 Å². The average Bonchev–Trinajstić information content (AvgIpc) is 2.55. The van der Waals surface area contributed by atoms with Gasteiger partial charge in [0.05, 0.1) is 11.6 Å². The van der Waals surface area contributed by atoms with Gasteiger partial charge in [-0.15, -0.1) is 13.2 Å². The summed E-state index contributed by atoms with van der Waals surface area (Å²) in [6, 6.07) is 10.6. The van der Waals surface area contributed by atoms with E-state index in [-0.39, 0.29) is 5.57 Å². The number of hydrogen-bond acceptors (Lipinski definition) is 4. The number of nitrogens with one attached hydrogen (secondary N) is 1. The van der Waals surface area contributed by atoms with E-state index in [0.717, 1.165) is 0 Å². The molecule has 0 fully saturated rings. The lowest BCUT2D eigenvalue weighted by Crippen LogP contribution is -2.32. The third kappa shape index (κ3) is 4.66. The Labute approximate surface area is 130 Å². The van der Waals surface area contributed by atoms with Gasteiger partial charge in [-0.1, -0.05) is 12.2 Å². The van der Waals surface area contributed by atoms with Crippen LogP contribution in [0.15, 0.2) is 61.3 Å². The van der Waals surface area contributed by atoms with Crippen molar-refractivity contribution in [2.24, 2.45) is 0 Å². The zero-order chi connectivity index (χ0) is 16.4. The van der Waals surface area contributed by atoms with Gasteiger partial charge in [0.25, 0.3) is 5.91 Å². The van der Waals surface area contributed by atoms with Crippen LogP contribution in [0.4, 0.5) is 5.69 Å². The Hall–Kier alpha value is -3.31. The van der Waals surface area contributed by atoms with Crippen molar-refractivity contribution < 1.29 is 4.79 Å². The van der Waals surface area contributed by atoms with Crippen LogP contribution in [0.2, 0.25) is 0 Å². The minimum Gasteiger partial charge on any atom is -0.360 e. The summed E-state index contributed by atoms with van der Waals surface area (Å²) < 4.78 is 0. The number of anilines is 1. The lowest BCUT2D eigenvalue weighted by Gasteiger charge is -2.18. The molecule has 0 heterocycles. The van der Waals surface area contributed by atoms with Crippen LogP contribution in [0.1, 0.15) is 5.56 Å². The summed E-state index contributed by atoms with van der Waals surface area (Å²) >= 11 is 0. The molecule has 0 spiro atoms. The molecule has 0 aromatic heterocycles. The molecule has 1 N–H and O–H groups in total. The number of rotatable bonds is 7. The number of benzene rings is 1. The van der Waals surface area contributed by atoms with Crippen molar-refractivity contribution in [3.05, 3.63) is 66.9 Å². The summed E-state index contributed by atoms with van der Waals surface area (Å²) in [6.45, 7) is 7.84. The predicted molar refractivity (Wildman–Crippen MR) is 85.4 cm³/mol. The number of nitrogens with zero attached hydrogens (tertiary/aromatic N) is 3. The van der Waals surface area contributed by atoms with Crippen molar-refractivity contribution in [3.8, 4) is 12.1 Å². The van der Waals surface area contributed by atoms with Crippen LogP contribution >= 0.6 is 0 Å². The molecule has 1 aromatic rings. The maximum Gasteiger partial charge on any atom is 0.266 e. The number of nitriles is 2. The van der Waals surface area contributed by atoms with Crippen LogP contribution in [0, 0.1) is 22.7 Å². The fourth-order valence-corrected chi connectivity index (χ4v) is 1.66. The van der Waals surface area contributed by atoms with Crippen LogP contribution in [0.3, 0.4) is 0 Å². The Balaban J connectivity index is 2.86. The topological polar surface area (TPSA) is 79.9 Å². The normalized spacial score (nSPS) is 10.0. The standard InChI is InChI=1S/C17H16N4O/c1-3-9-21(10-4-2)17(22)15(12-19)13-20-16-7-5-14(11-18)6-8-16/h3-8,13,20H,1-2,9-10H2/b15-13-. The van der Waals surface area contributed by atoms with E-state index in [1.54, 1.807) is 36.4 Å². The van der Waals surface area contributed by atoms with Gasteiger partial charge < -0.3 is 10.2 Å². The fourth-order valence-electron chi connectivity index (χ4n) is 1.66. The molecule has 22 heavy (non-hydrogen) atoms. The molecule has 1 rings (SSSR count). The van der Waals surface area contributed by atoms with Crippen LogP contribution < -0.4 is 5.32 Å². The van der Waals surface area contributed by atoms with Crippen molar-refractivity contribution in [1.82, 2.24) is 4.90 Å². The monoisotopic (exact) mass is 292 g/mol. The number of hydrogen-bond donors (Lipinski definition) is 1. The van der Waals surface area contributed by atoms with Gasteiger partial charge in [0, 0.05) is 25.0 Å². The maximum atomic E-state index is 12.2. The highest BCUT2D eigenvalue weighted by atomic mass is 16.2. The molecule has 0 saturated heterocycles. The van der Waals surface area contributed by atoms with Gasteiger partial charge in [-0.3, -0.25) is 4.79 Å². The first-order valence-corrected chi connectivity index (χ1v) is 6.54. The molecule has 0 radical (unpaired) electrons. The van der Waals surface area contributed by atoms with E-state index in [1.165, 1.54) is 11.1 Å². The van der Waals surface area contributed by atoms with Gasteiger partial charge in [-0.2, -0.15) is 10.5 Å². The minimum atomic E-state index is -0.400. The molecular formula is C17H16N4O. The largest absolute Gasteiger partial charge is 0.360 e. The van der Waals surface area contributed by atoms with Gasteiger partial charge >= 0.3 is 0 Å². The molecule has 5 nitrogen and oxygen atoms in total. The molecule has 0 aliphatic heterocycles. The Morgan fingerprint density at radius 3 is 2.23 bits per heavy atom. The quantitative estimate of drug-likeness (QED) is 0.476. The van der Waals surface area contributed by atoms with E-state index in [4.69, 9.17) is 10.5 Å². The Morgan fingerprint density at radius 1 is 1.18 bits per heavy atom. The SMILES string of the molecule is C=CCN(CC=C)C(=O)/C(C#N)=C\Nc1ccc(C#N)cc1. The number of carbonyl (C=O) groups excluding carboxylic acids is 1. The fraction of sp³-hybridized carbons (Fsp3) is 0.118. The third-order valence-electron chi connectivity index (χ3n) is 2.73. The van der Waals surface area contributed by atoms with E-state index in [1.807, 2.05) is 12.1 Å². The smallest absolute Gasteiger partial charge is 0.266 e. The zero-order valence-corrected chi connectivity index (χ0v) is 12.1. The van der Waals surface area contributed by atoms with Crippen molar-refractivity contribution >= 4 is 11.6 Å². The van der Waals surface area contributed by atoms with E-state index < -0.39 is 5.91 Å². The summed E-state index contributed by atoms with van der Waals surface area (Å²) in [5, 5.41) is 20.7. The van der Waals surface area contributed by atoms with Crippen LogP contribution in [0.5, 0.6) is 0 Å². The van der Waals surface area contributed by atoms with E-state index in [2.05, 4.69) is 18.5 Å². The molecule has 1 aromatic carbocycles. The number of carbonyl (C=O) groups is 1. The van der Waals surface area contributed by atoms with Crippen LogP contribution in [-0.2, 0) is 4.79 Å². The third-order valence-corrected chi connectivity index (χ3v) is 2.73. The Morgan fingerprint density at radius 2 is 1.77 bits per heavy atom. The van der Waals surface area contributed by atoms with Gasteiger partial charge in [-0.05, 0) is 24.3 Å². The van der Waals surface area contributed by atoms with E-state index >= 15 is 0 Å². The molecule has 0 bridgehead atoms. The summed E-state index contributed by atoms with van der Waals surface area (Å²) in [4.78, 5) is 13.7. The predicted octanol–water partition coefficient (Wildman–Crippen LogP) is 2.58. The first-order valence-electron chi connectivity index (χ1n) is 6.54. The molecule has 0 atom stereocenters. The van der Waals surface area contributed by atoms with Crippen molar-refractivity contribution in [1.29, 1.82) is 10.5 Å². The highest BCUT2D eigenvalue weighted by Crippen LogP contribution is 2.10. The Kier molecular flexibility index (Phi) is 6.68. The molecule has 0 unspecified atom stereocenters. The van der Waals surface area contributed by atoms with Crippen molar-refractivity contribution in [3.63, 3.8) is 0 Å². The Bertz CT molecular complexity index is 649. The van der Waals surface area contributed by atoms with Crippen LogP contribution in [0.25, 0.3) is 0 Å². The molecule has 0 saturated carbocycles. The lowest BCUT2D eigenvalue weighted by atomic mass is 10.2. The van der Waals surface area contributed by atoms with Crippen molar-refractivity contribution in [2.75, 3.05) is 18.4 Å². The van der Waals surface area contributed by atoms with E-state index in [0.29, 0.717) is 24.3 Å². The second-order valence-electron chi connectivity index (χ2n) is 4.29. The zero-order valence-electron chi connectivity index (χ0n) is 12.1. The summed E-state index contributed by atoms with van der Waals surface area (Å²) in [5.74, 6) is -0.400. The lowest BCUT2D eigenvalue weighted by molar-refractivity contribution is -0.125. The first kappa shape index (κ1) is 16.7. The summed E-state index contributed by atoms with van der Waals surface area (Å²) in [5.41, 5.74) is 1.20. The molecule has 110 valence electrons. The molecule has 5 heteroatoms. The summed E-state index contributed by atoms with van der Waals surface area (Å²) in [7, 11) is 0. The maximum absolute atomic E-state index is 12.2. The first-order chi connectivity index (χ1) is 10.7. The minimum absolute atomic E-state index is 0.0203. The molecule has 0 aliphatic carbocycles. The number of amides is 1. The summed E-state index contributed by atoms with van der Waals surface area (Å²) in [6.07, 6.45) is 4.53. The van der Waals surface area contributed by atoms with Gasteiger partial charge in [0.15, 0.2) is 0 Å². The highest BCUT2D eigenvalue weighted by molar-refractivity contribution is 5.97. The average molecular weight is 292 g/mol. The van der Waals surface area contributed by atoms with Gasteiger partial charge in [-0.25, -0.2) is 0 Å². The second-order valence-corrected chi connectivity index (χ2v) is 4.29.